The van der Waals surface area contributed by atoms with Gasteiger partial charge in [-0.25, -0.2) is 4.39 Å². The number of hydrogen-bond donors (Lipinski definition) is 1. The van der Waals surface area contributed by atoms with E-state index in [1.165, 1.54) is 16.5 Å². The van der Waals surface area contributed by atoms with E-state index in [1.54, 1.807) is 30.2 Å². The molecule has 0 spiro atoms. The van der Waals surface area contributed by atoms with E-state index in [9.17, 15) is 9.18 Å². The molecule has 0 aliphatic carbocycles. The second-order valence-corrected chi connectivity index (χ2v) is 6.62. The summed E-state index contributed by atoms with van der Waals surface area (Å²) in [7, 11) is 1.63. The molecule has 144 valence electrons. The van der Waals surface area contributed by atoms with Gasteiger partial charge in [0, 0.05) is 5.56 Å². The van der Waals surface area contributed by atoms with Gasteiger partial charge in [0.1, 0.15) is 12.4 Å². The zero-order valence-electron chi connectivity index (χ0n) is 15.8. The number of nitrogens with zero attached hydrogens (tertiary/aromatic N) is 1. The lowest BCUT2D eigenvalue weighted by Gasteiger charge is -2.32. The summed E-state index contributed by atoms with van der Waals surface area (Å²) in [5.41, 5.74) is 1.32. The first-order valence-corrected chi connectivity index (χ1v) is 9.29. The van der Waals surface area contributed by atoms with E-state index < -0.39 is 5.82 Å². The molecular weight excluding hydrogens is 347 g/mol. The highest BCUT2D eigenvalue weighted by Gasteiger charge is 2.26. The Morgan fingerprint density at radius 2 is 1.89 bits per heavy atom. The van der Waals surface area contributed by atoms with Crippen molar-refractivity contribution in [3.8, 4) is 11.5 Å². The Kier molecular flexibility index (Phi) is 6.29. The molecule has 1 amide bonds. The SMILES string of the molecule is CCOc1cc(C[NH+]2CCN(C(=O)c3ccccc3F)CC2)ccc1OC. The van der Waals surface area contributed by atoms with Crippen LogP contribution >= 0.6 is 0 Å². The first-order chi connectivity index (χ1) is 13.1. The molecule has 6 heteroatoms. The summed E-state index contributed by atoms with van der Waals surface area (Å²) in [6.45, 7) is 6.29. The minimum absolute atomic E-state index is 0.150. The van der Waals surface area contributed by atoms with Crippen molar-refractivity contribution in [3.05, 3.63) is 59.4 Å². The highest BCUT2D eigenvalue weighted by Crippen LogP contribution is 2.27. The van der Waals surface area contributed by atoms with Crippen molar-refractivity contribution in [2.24, 2.45) is 0 Å². The maximum Gasteiger partial charge on any atom is 0.257 e. The van der Waals surface area contributed by atoms with Crippen LogP contribution in [0.4, 0.5) is 4.39 Å². The fourth-order valence-electron chi connectivity index (χ4n) is 3.40. The first-order valence-electron chi connectivity index (χ1n) is 9.29. The van der Waals surface area contributed by atoms with Gasteiger partial charge in [-0.2, -0.15) is 0 Å². The largest absolute Gasteiger partial charge is 0.493 e. The summed E-state index contributed by atoms with van der Waals surface area (Å²) in [6, 6.07) is 12.2. The number of nitrogens with one attached hydrogen (secondary N) is 1. The molecular formula is C21H26FN2O3+. The fourth-order valence-corrected chi connectivity index (χ4v) is 3.40. The summed E-state index contributed by atoms with van der Waals surface area (Å²) in [5, 5.41) is 0. The molecule has 0 bridgehead atoms. The molecule has 0 atom stereocenters. The molecule has 0 unspecified atom stereocenters. The highest BCUT2D eigenvalue weighted by molar-refractivity contribution is 5.94. The Balaban J connectivity index is 1.59. The van der Waals surface area contributed by atoms with Crippen LogP contribution in [0.1, 0.15) is 22.8 Å². The molecule has 5 nitrogen and oxygen atoms in total. The normalized spacial score (nSPS) is 14.9. The first kappa shape index (κ1) is 19.2. The Hall–Kier alpha value is -2.60. The molecule has 0 aromatic heterocycles. The Morgan fingerprint density at radius 3 is 2.56 bits per heavy atom. The van der Waals surface area contributed by atoms with Gasteiger partial charge in [0.05, 0.1) is 45.5 Å². The number of piperazine rings is 1. The van der Waals surface area contributed by atoms with E-state index >= 15 is 0 Å². The minimum atomic E-state index is -0.459. The zero-order chi connectivity index (χ0) is 19.2. The molecule has 1 aliphatic rings. The number of benzene rings is 2. The van der Waals surface area contributed by atoms with E-state index in [4.69, 9.17) is 9.47 Å². The third kappa shape index (κ3) is 4.57. The Bertz CT molecular complexity index is 789. The molecule has 1 fully saturated rings. The van der Waals surface area contributed by atoms with Gasteiger partial charge in [0.25, 0.3) is 5.91 Å². The summed E-state index contributed by atoms with van der Waals surface area (Å²) in [5.74, 6) is 0.801. The number of ether oxygens (including phenoxy) is 2. The molecule has 0 radical (unpaired) electrons. The van der Waals surface area contributed by atoms with Crippen LogP contribution in [0.3, 0.4) is 0 Å². The molecule has 1 N–H and O–H groups in total. The zero-order valence-corrected chi connectivity index (χ0v) is 15.8. The van der Waals surface area contributed by atoms with Crippen LogP contribution in [0.5, 0.6) is 11.5 Å². The molecule has 2 aromatic carbocycles. The summed E-state index contributed by atoms with van der Waals surface area (Å²) < 4.78 is 24.8. The molecule has 27 heavy (non-hydrogen) atoms. The predicted octanol–water partition coefficient (Wildman–Crippen LogP) is 1.77. The van der Waals surface area contributed by atoms with Crippen molar-refractivity contribution in [3.63, 3.8) is 0 Å². The average molecular weight is 373 g/mol. The Morgan fingerprint density at radius 1 is 1.15 bits per heavy atom. The smallest absolute Gasteiger partial charge is 0.257 e. The van der Waals surface area contributed by atoms with Gasteiger partial charge in [0.2, 0.25) is 0 Å². The molecule has 1 heterocycles. The number of hydrogen-bond acceptors (Lipinski definition) is 3. The number of amides is 1. The van der Waals surface area contributed by atoms with Crippen molar-refractivity contribution in [2.45, 2.75) is 13.5 Å². The van der Waals surface area contributed by atoms with E-state index in [2.05, 4.69) is 0 Å². The molecule has 0 saturated carbocycles. The van der Waals surface area contributed by atoms with Gasteiger partial charge in [-0.3, -0.25) is 4.79 Å². The van der Waals surface area contributed by atoms with Gasteiger partial charge in [-0.05, 0) is 37.3 Å². The topological polar surface area (TPSA) is 43.2 Å². The third-order valence-corrected chi connectivity index (χ3v) is 4.84. The van der Waals surface area contributed by atoms with Crippen LogP contribution < -0.4 is 14.4 Å². The second kappa shape index (κ2) is 8.86. The van der Waals surface area contributed by atoms with Gasteiger partial charge in [-0.1, -0.05) is 12.1 Å². The van der Waals surface area contributed by atoms with Crippen LogP contribution in [0.15, 0.2) is 42.5 Å². The summed E-state index contributed by atoms with van der Waals surface area (Å²) in [6.07, 6.45) is 0. The van der Waals surface area contributed by atoms with E-state index in [0.717, 1.165) is 31.1 Å². The number of halogens is 1. The molecule has 1 saturated heterocycles. The van der Waals surface area contributed by atoms with Crippen LogP contribution in [0, 0.1) is 5.82 Å². The molecule has 2 aromatic rings. The minimum Gasteiger partial charge on any atom is -0.493 e. The van der Waals surface area contributed by atoms with Crippen molar-refractivity contribution < 1.29 is 23.6 Å². The van der Waals surface area contributed by atoms with Crippen molar-refractivity contribution in [2.75, 3.05) is 39.9 Å². The van der Waals surface area contributed by atoms with Crippen LogP contribution in [0.2, 0.25) is 0 Å². The monoisotopic (exact) mass is 373 g/mol. The summed E-state index contributed by atoms with van der Waals surface area (Å²) >= 11 is 0. The van der Waals surface area contributed by atoms with Crippen molar-refractivity contribution >= 4 is 5.91 Å². The van der Waals surface area contributed by atoms with Crippen LogP contribution in [-0.2, 0) is 6.54 Å². The fraction of sp³-hybridized carbons (Fsp3) is 0.381. The second-order valence-electron chi connectivity index (χ2n) is 6.62. The third-order valence-electron chi connectivity index (χ3n) is 4.84. The predicted molar refractivity (Wildman–Crippen MR) is 101 cm³/mol. The van der Waals surface area contributed by atoms with Crippen molar-refractivity contribution in [1.29, 1.82) is 0 Å². The lowest BCUT2D eigenvalue weighted by Crippen LogP contribution is -3.13. The molecule has 3 rings (SSSR count). The standard InChI is InChI=1S/C21H25FN2O3/c1-3-27-20-14-16(8-9-19(20)26-2)15-23-10-12-24(13-11-23)21(25)17-6-4-5-7-18(17)22/h4-9,14H,3,10-13,15H2,1-2H3/p+1. The number of rotatable bonds is 6. The maximum absolute atomic E-state index is 13.8. The number of carbonyl (C=O) groups excluding carboxylic acids is 1. The number of methoxy groups -OCH3 is 1. The number of carbonyl (C=O) groups is 1. The summed E-state index contributed by atoms with van der Waals surface area (Å²) in [4.78, 5) is 15.6. The average Bonchev–Trinajstić information content (AvgIpc) is 2.69. The van der Waals surface area contributed by atoms with E-state index in [0.29, 0.717) is 19.7 Å². The van der Waals surface area contributed by atoms with Crippen LogP contribution in [-0.4, -0.2) is 50.7 Å². The van der Waals surface area contributed by atoms with Crippen molar-refractivity contribution in [1.82, 2.24) is 4.90 Å². The number of quaternary nitrogens is 1. The highest BCUT2D eigenvalue weighted by atomic mass is 19.1. The lowest BCUT2D eigenvalue weighted by molar-refractivity contribution is -0.917. The van der Waals surface area contributed by atoms with E-state index in [1.807, 2.05) is 25.1 Å². The van der Waals surface area contributed by atoms with Gasteiger partial charge >= 0.3 is 0 Å². The lowest BCUT2D eigenvalue weighted by atomic mass is 10.1. The van der Waals surface area contributed by atoms with E-state index in [-0.39, 0.29) is 11.5 Å². The maximum atomic E-state index is 13.8. The van der Waals surface area contributed by atoms with Crippen LogP contribution in [0.25, 0.3) is 0 Å². The quantitative estimate of drug-likeness (QED) is 0.839. The van der Waals surface area contributed by atoms with Gasteiger partial charge < -0.3 is 19.3 Å². The van der Waals surface area contributed by atoms with Gasteiger partial charge in [0.15, 0.2) is 11.5 Å². The Labute approximate surface area is 159 Å². The molecule has 1 aliphatic heterocycles. The van der Waals surface area contributed by atoms with Gasteiger partial charge in [-0.15, -0.1) is 0 Å².